The van der Waals surface area contributed by atoms with Crippen LogP contribution in [0.3, 0.4) is 0 Å². The molecule has 2 N–H and O–H groups in total. The Morgan fingerprint density at radius 1 is 1.36 bits per heavy atom. The van der Waals surface area contributed by atoms with Crippen molar-refractivity contribution in [1.82, 2.24) is 9.97 Å². The van der Waals surface area contributed by atoms with E-state index in [1.165, 1.54) is 11.3 Å². The molecule has 3 nitrogen and oxygen atoms in total. The molecule has 0 aliphatic heterocycles. The number of halogens is 2. The minimum absolute atomic E-state index is 0.551. The summed E-state index contributed by atoms with van der Waals surface area (Å²) in [6.45, 7) is 0. The second-order valence-corrected chi connectivity index (χ2v) is 5.08. The van der Waals surface area contributed by atoms with Gasteiger partial charge in [-0.1, -0.05) is 11.6 Å². The lowest BCUT2D eigenvalue weighted by molar-refractivity contribution is 1.19. The van der Waals surface area contributed by atoms with Crippen molar-refractivity contribution in [3.8, 4) is 10.7 Å². The number of nitrogen functional groups attached to an aromatic ring is 1. The molecule has 14 heavy (non-hydrogen) atoms. The first kappa shape index (κ1) is 9.89. The molecule has 0 aliphatic rings. The van der Waals surface area contributed by atoms with Crippen LogP contribution in [-0.4, -0.2) is 9.97 Å². The summed E-state index contributed by atoms with van der Waals surface area (Å²) in [5.41, 5.74) is 6.03. The molecule has 0 fully saturated rings. The maximum absolute atomic E-state index is 5.90. The number of rotatable bonds is 1. The molecule has 0 aliphatic carbocycles. The molecule has 0 bridgehead atoms. The highest BCUT2D eigenvalue weighted by Crippen LogP contribution is 2.36. The van der Waals surface area contributed by atoms with E-state index in [0.29, 0.717) is 15.8 Å². The number of thiophene rings is 1. The van der Waals surface area contributed by atoms with E-state index >= 15 is 0 Å². The van der Waals surface area contributed by atoms with Crippen molar-refractivity contribution in [3.05, 3.63) is 27.3 Å². The maximum atomic E-state index is 5.90. The highest BCUT2D eigenvalue weighted by atomic mass is 79.9. The van der Waals surface area contributed by atoms with E-state index < -0.39 is 0 Å². The molecule has 0 aromatic carbocycles. The van der Waals surface area contributed by atoms with Crippen LogP contribution < -0.4 is 5.73 Å². The van der Waals surface area contributed by atoms with Crippen LogP contribution in [0.4, 0.5) is 5.69 Å². The third-order valence-corrected chi connectivity index (χ3v) is 4.01. The van der Waals surface area contributed by atoms with Gasteiger partial charge in [0.25, 0.3) is 0 Å². The average molecular weight is 291 g/mol. The van der Waals surface area contributed by atoms with Gasteiger partial charge in [0.1, 0.15) is 4.34 Å². The van der Waals surface area contributed by atoms with Crippen LogP contribution in [0.15, 0.2) is 22.9 Å². The second kappa shape index (κ2) is 3.84. The monoisotopic (exact) mass is 289 g/mol. The van der Waals surface area contributed by atoms with Crippen LogP contribution in [0.25, 0.3) is 10.7 Å². The molecule has 2 aromatic heterocycles. The fourth-order valence-corrected chi connectivity index (χ4v) is 2.57. The van der Waals surface area contributed by atoms with E-state index in [9.17, 15) is 0 Å². The Balaban J connectivity index is 2.44. The Morgan fingerprint density at radius 3 is 2.50 bits per heavy atom. The molecule has 0 radical (unpaired) electrons. The van der Waals surface area contributed by atoms with Crippen molar-refractivity contribution < 1.29 is 0 Å². The lowest BCUT2D eigenvalue weighted by Gasteiger charge is -1.94. The van der Waals surface area contributed by atoms with E-state index in [-0.39, 0.29) is 0 Å². The molecular formula is C8H5BrClN3S. The predicted octanol–water partition coefficient (Wildman–Crippen LogP) is 3.20. The Labute approximate surface area is 98.1 Å². The van der Waals surface area contributed by atoms with Crippen LogP contribution in [0.2, 0.25) is 4.34 Å². The van der Waals surface area contributed by atoms with Gasteiger partial charge in [-0.2, -0.15) is 0 Å². The molecule has 2 aromatic rings. The van der Waals surface area contributed by atoms with Crippen LogP contribution in [0.1, 0.15) is 0 Å². The van der Waals surface area contributed by atoms with Crippen molar-refractivity contribution in [1.29, 1.82) is 0 Å². The van der Waals surface area contributed by atoms with Crippen molar-refractivity contribution in [3.63, 3.8) is 0 Å². The summed E-state index contributed by atoms with van der Waals surface area (Å²) < 4.78 is 1.56. The van der Waals surface area contributed by atoms with Gasteiger partial charge in [0.05, 0.1) is 23.0 Å². The SMILES string of the molecule is Nc1cnc(-c2cc(Br)c(Cl)s2)nc1. The molecule has 0 saturated heterocycles. The van der Waals surface area contributed by atoms with Gasteiger partial charge >= 0.3 is 0 Å². The summed E-state index contributed by atoms with van der Waals surface area (Å²) in [7, 11) is 0. The minimum Gasteiger partial charge on any atom is -0.396 e. The first-order chi connectivity index (χ1) is 6.66. The molecule has 0 amide bonds. The Morgan fingerprint density at radius 2 is 2.00 bits per heavy atom. The number of hydrogen-bond acceptors (Lipinski definition) is 4. The maximum Gasteiger partial charge on any atom is 0.169 e. The normalized spacial score (nSPS) is 10.4. The Bertz CT molecular complexity index is 435. The molecule has 0 atom stereocenters. The highest BCUT2D eigenvalue weighted by molar-refractivity contribution is 9.10. The Kier molecular flexibility index (Phi) is 2.71. The molecule has 2 rings (SSSR count). The number of hydrogen-bond donors (Lipinski definition) is 1. The highest BCUT2D eigenvalue weighted by Gasteiger charge is 2.08. The molecule has 2 heterocycles. The lowest BCUT2D eigenvalue weighted by Crippen LogP contribution is -1.90. The summed E-state index contributed by atoms with van der Waals surface area (Å²) in [5.74, 6) is 0.636. The summed E-state index contributed by atoms with van der Waals surface area (Å²) in [5, 5.41) is 0. The van der Waals surface area contributed by atoms with E-state index in [1.807, 2.05) is 6.07 Å². The zero-order chi connectivity index (χ0) is 10.1. The first-order valence-corrected chi connectivity index (χ1v) is 5.68. The average Bonchev–Trinajstić information content (AvgIpc) is 2.48. The Hall–Kier alpha value is -0.650. The first-order valence-electron chi connectivity index (χ1n) is 3.69. The van der Waals surface area contributed by atoms with Crippen LogP contribution in [-0.2, 0) is 0 Å². The number of anilines is 1. The minimum atomic E-state index is 0.551. The van der Waals surface area contributed by atoms with Crippen molar-refractivity contribution in [2.45, 2.75) is 0 Å². The fraction of sp³-hybridized carbons (Fsp3) is 0. The van der Waals surface area contributed by atoms with Crippen LogP contribution in [0.5, 0.6) is 0 Å². The van der Waals surface area contributed by atoms with Gasteiger partial charge in [0.15, 0.2) is 5.82 Å². The van der Waals surface area contributed by atoms with Gasteiger partial charge in [-0.25, -0.2) is 9.97 Å². The molecule has 6 heteroatoms. The molecule has 0 unspecified atom stereocenters. The van der Waals surface area contributed by atoms with E-state index in [2.05, 4.69) is 25.9 Å². The van der Waals surface area contributed by atoms with E-state index in [4.69, 9.17) is 17.3 Å². The quantitative estimate of drug-likeness (QED) is 0.877. The fourth-order valence-electron chi connectivity index (χ4n) is 0.922. The summed E-state index contributed by atoms with van der Waals surface area (Å²) in [6, 6.07) is 1.89. The molecule has 0 spiro atoms. The van der Waals surface area contributed by atoms with Crippen LogP contribution >= 0.6 is 38.9 Å². The smallest absolute Gasteiger partial charge is 0.169 e. The zero-order valence-electron chi connectivity index (χ0n) is 6.87. The molecular weight excluding hydrogens is 286 g/mol. The number of nitrogens with zero attached hydrogens (tertiary/aromatic N) is 2. The summed E-state index contributed by atoms with van der Waals surface area (Å²) in [4.78, 5) is 9.11. The van der Waals surface area contributed by atoms with Crippen molar-refractivity contribution in [2.24, 2.45) is 0 Å². The summed E-state index contributed by atoms with van der Waals surface area (Å²) >= 11 is 10.7. The van der Waals surface area contributed by atoms with Gasteiger partial charge in [-0.3, -0.25) is 0 Å². The summed E-state index contributed by atoms with van der Waals surface area (Å²) in [6.07, 6.45) is 3.15. The zero-order valence-corrected chi connectivity index (χ0v) is 10.0. The van der Waals surface area contributed by atoms with Gasteiger partial charge in [-0.15, -0.1) is 11.3 Å². The van der Waals surface area contributed by atoms with E-state index in [0.717, 1.165) is 9.35 Å². The van der Waals surface area contributed by atoms with E-state index in [1.54, 1.807) is 12.4 Å². The molecule has 72 valence electrons. The lowest BCUT2D eigenvalue weighted by atomic mass is 10.4. The third kappa shape index (κ3) is 1.89. The predicted molar refractivity (Wildman–Crippen MR) is 62.5 cm³/mol. The van der Waals surface area contributed by atoms with Crippen molar-refractivity contribution >= 4 is 44.6 Å². The van der Waals surface area contributed by atoms with Gasteiger partial charge in [-0.05, 0) is 22.0 Å². The number of nitrogens with two attached hydrogens (primary N) is 1. The molecule has 0 saturated carbocycles. The number of aromatic nitrogens is 2. The van der Waals surface area contributed by atoms with Crippen molar-refractivity contribution in [2.75, 3.05) is 5.73 Å². The van der Waals surface area contributed by atoms with Gasteiger partial charge in [0.2, 0.25) is 0 Å². The standard InChI is InChI=1S/C8H5BrClN3S/c9-5-1-6(14-7(5)10)8-12-2-4(11)3-13-8/h1-3H,11H2. The third-order valence-electron chi connectivity index (χ3n) is 1.54. The largest absolute Gasteiger partial charge is 0.396 e. The second-order valence-electron chi connectivity index (χ2n) is 2.57. The van der Waals surface area contributed by atoms with Crippen LogP contribution in [0, 0.1) is 0 Å². The topological polar surface area (TPSA) is 51.8 Å². The van der Waals surface area contributed by atoms with Gasteiger partial charge < -0.3 is 5.73 Å². The van der Waals surface area contributed by atoms with Gasteiger partial charge in [0, 0.05) is 4.47 Å².